The van der Waals surface area contributed by atoms with Crippen molar-refractivity contribution in [3.63, 3.8) is 0 Å². The van der Waals surface area contributed by atoms with Gasteiger partial charge in [0, 0.05) is 11.5 Å². The average molecular weight is 271 g/mol. The van der Waals surface area contributed by atoms with Crippen LogP contribution in [-0.2, 0) is 11.8 Å². The van der Waals surface area contributed by atoms with Crippen LogP contribution in [0.25, 0.3) is 0 Å². The third kappa shape index (κ3) is 1.60. The number of likely N-dealkylation sites (tertiary alicyclic amines) is 1. The molecule has 2 heteroatoms. The highest BCUT2D eigenvalue weighted by Crippen LogP contribution is 2.57. The van der Waals surface area contributed by atoms with Gasteiger partial charge in [-0.2, -0.15) is 0 Å². The van der Waals surface area contributed by atoms with Crippen LogP contribution in [0.3, 0.4) is 0 Å². The van der Waals surface area contributed by atoms with Crippen molar-refractivity contribution in [1.82, 2.24) is 4.90 Å². The number of nitrogens with zero attached hydrogens (tertiary/aromatic N) is 1. The van der Waals surface area contributed by atoms with Crippen molar-refractivity contribution in [2.45, 2.75) is 56.9 Å². The predicted molar refractivity (Wildman–Crippen MR) is 81.1 cm³/mol. The normalized spacial score (nSPS) is 35.6. The van der Waals surface area contributed by atoms with E-state index in [-0.39, 0.29) is 0 Å². The molecule has 1 aromatic rings. The molecule has 0 aromatic heterocycles. The molecule has 0 unspecified atom stereocenters. The Morgan fingerprint density at radius 2 is 2.25 bits per heavy atom. The van der Waals surface area contributed by atoms with E-state index in [4.69, 9.17) is 0 Å². The van der Waals surface area contributed by atoms with Crippen LogP contribution < -0.4 is 0 Å². The fraction of sp³-hybridized carbons (Fsp3) is 0.667. The van der Waals surface area contributed by atoms with Gasteiger partial charge >= 0.3 is 0 Å². The molecule has 2 fully saturated rings. The maximum absolute atomic E-state index is 9.93. The second-order valence-electron chi connectivity index (χ2n) is 7.05. The van der Waals surface area contributed by atoms with Gasteiger partial charge < -0.3 is 5.11 Å². The maximum Gasteiger partial charge on any atom is 0.115 e. The Hall–Kier alpha value is -1.02. The zero-order valence-corrected chi connectivity index (χ0v) is 12.4. The number of benzene rings is 1. The number of hydrogen-bond donors (Lipinski definition) is 1. The summed E-state index contributed by atoms with van der Waals surface area (Å²) in [5.41, 5.74) is 3.39. The van der Waals surface area contributed by atoms with E-state index in [1.165, 1.54) is 62.7 Å². The molecule has 2 nitrogen and oxygen atoms in total. The van der Waals surface area contributed by atoms with Crippen LogP contribution in [0.15, 0.2) is 18.2 Å². The Morgan fingerprint density at radius 3 is 3.10 bits per heavy atom. The molecule has 20 heavy (non-hydrogen) atoms. The first-order chi connectivity index (χ1) is 9.74. The van der Waals surface area contributed by atoms with Crippen molar-refractivity contribution < 1.29 is 5.11 Å². The largest absolute Gasteiger partial charge is 0.508 e. The fourth-order valence-electron chi connectivity index (χ4n) is 5.47. The highest BCUT2D eigenvalue weighted by Gasteiger charge is 2.54. The molecule has 2 bridgehead atoms. The molecule has 0 amide bonds. The van der Waals surface area contributed by atoms with E-state index in [9.17, 15) is 5.11 Å². The summed E-state index contributed by atoms with van der Waals surface area (Å²) in [6, 6.07) is 6.90. The quantitative estimate of drug-likeness (QED) is 0.890. The summed E-state index contributed by atoms with van der Waals surface area (Å²) >= 11 is 0. The van der Waals surface area contributed by atoms with E-state index in [1.54, 1.807) is 0 Å². The predicted octanol–water partition coefficient (Wildman–Crippen LogP) is 3.47. The molecule has 0 spiro atoms. The van der Waals surface area contributed by atoms with E-state index in [1.807, 2.05) is 6.07 Å². The number of hydrogen-bond acceptors (Lipinski definition) is 2. The van der Waals surface area contributed by atoms with Gasteiger partial charge in [-0.25, -0.2) is 0 Å². The van der Waals surface area contributed by atoms with Crippen LogP contribution in [0, 0.1) is 5.92 Å². The molecule has 1 heterocycles. The minimum Gasteiger partial charge on any atom is -0.508 e. The van der Waals surface area contributed by atoms with Gasteiger partial charge in [0.2, 0.25) is 0 Å². The number of rotatable bonds is 2. The van der Waals surface area contributed by atoms with Gasteiger partial charge in [-0.15, -0.1) is 0 Å². The van der Waals surface area contributed by atoms with Crippen LogP contribution in [0.5, 0.6) is 5.75 Å². The molecule has 1 saturated carbocycles. The molecule has 1 N–H and O–H groups in total. The lowest BCUT2D eigenvalue weighted by Gasteiger charge is -2.54. The van der Waals surface area contributed by atoms with Gasteiger partial charge in [-0.1, -0.05) is 19.4 Å². The van der Waals surface area contributed by atoms with Crippen LogP contribution in [0.1, 0.15) is 50.2 Å². The average Bonchev–Trinajstić information content (AvgIpc) is 2.89. The van der Waals surface area contributed by atoms with Gasteiger partial charge in [0.1, 0.15) is 5.75 Å². The zero-order chi connectivity index (χ0) is 13.7. The molecule has 3 aliphatic rings. The monoisotopic (exact) mass is 271 g/mol. The van der Waals surface area contributed by atoms with Gasteiger partial charge in [0.25, 0.3) is 0 Å². The Labute approximate surface area is 121 Å². The minimum atomic E-state index is 0.390. The SMILES string of the molecule is CCCN1CC[C@]23CCC[C@H]2[C@H]1Cc1ccc(O)cc13. The molecule has 3 atom stereocenters. The Balaban J connectivity index is 1.81. The highest BCUT2D eigenvalue weighted by atomic mass is 16.3. The second kappa shape index (κ2) is 4.49. The first kappa shape index (κ1) is 12.7. The van der Waals surface area contributed by atoms with Crippen LogP contribution in [0.4, 0.5) is 0 Å². The summed E-state index contributed by atoms with van der Waals surface area (Å²) in [6.07, 6.45) is 7.85. The molecule has 0 radical (unpaired) electrons. The third-order valence-corrected chi connectivity index (χ3v) is 6.20. The fourth-order valence-corrected chi connectivity index (χ4v) is 5.47. The molecule has 2 aliphatic carbocycles. The molecular formula is C18H25NO. The summed E-state index contributed by atoms with van der Waals surface area (Å²) < 4.78 is 0. The van der Waals surface area contributed by atoms with E-state index in [2.05, 4.69) is 24.0 Å². The van der Waals surface area contributed by atoms with Crippen molar-refractivity contribution >= 4 is 0 Å². The van der Waals surface area contributed by atoms with Gasteiger partial charge in [0.05, 0.1) is 0 Å². The number of aromatic hydroxyl groups is 1. The first-order valence-corrected chi connectivity index (χ1v) is 8.31. The topological polar surface area (TPSA) is 23.5 Å². The summed E-state index contributed by atoms with van der Waals surface area (Å²) in [4.78, 5) is 2.75. The standard InChI is InChI=1S/C18H25NO/c1-2-9-19-10-8-18-7-3-4-15(18)17(19)11-13-5-6-14(20)12-16(13)18/h5-6,12,15,17,20H,2-4,7-11H2,1H3/t15-,17+,18+/m0/s1. The Kier molecular flexibility index (Phi) is 2.85. The molecule has 1 saturated heterocycles. The second-order valence-corrected chi connectivity index (χ2v) is 7.05. The molecular weight excluding hydrogens is 246 g/mol. The van der Waals surface area contributed by atoms with Crippen LogP contribution >= 0.6 is 0 Å². The van der Waals surface area contributed by atoms with Crippen molar-refractivity contribution in [1.29, 1.82) is 0 Å². The van der Waals surface area contributed by atoms with Crippen molar-refractivity contribution in [3.8, 4) is 5.75 Å². The molecule has 1 aliphatic heterocycles. The van der Waals surface area contributed by atoms with E-state index < -0.39 is 0 Å². The molecule has 4 rings (SSSR count). The number of phenols is 1. The van der Waals surface area contributed by atoms with E-state index >= 15 is 0 Å². The minimum absolute atomic E-state index is 0.390. The first-order valence-electron chi connectivity index (χ1n) is 8.31. The third-order valence-electron chi connectivity index (χ3n) is 6.20. The smallest absolute Gasteiger partial charge is 0.115 e. The van der Waals surface area contributed by atoms with Crippen molar-refractivity contribution in [2.75, 3.05) is 13.1 Å². The summed E-state index contributed by atoms with van der Waals surface area (Å²) in [5, 5.41) is 9.93. The lowest BCUT2D eigenvalue weighted by Crippen LogP contribution is -2.58. The van der Waals surface area contributed by atoms with Crippen LogP contribution in [0.2, 0.25) is 0 Å². The van der Waals surface area contributed by atoms with E-state index in [0.29, 0.717) is 11.2 Å². The summed E-state index contributed by atoms with van der Waals surface area (Å²) in [7, 11) is 0. The van der Waals surface area contributed by atoms with Gasteiger partial charge in [0.15, 0.2) is 0 Å². The number of phenolic OH excluding ortho intramolecular Hbond substituents is 1. The summed E-state index contributed by atoms with van der Waals surface area (Å²) in [5.74, 6) is 1.29. The van der Waals surface area contributed by atoms with Gasteiger partial charge in [-0.3, -0.25) is 4.90 Å². The zero-order valence-electron chi connectivity index (χ0n) is 12.4. The van der Waals surface area contributed by atoms with Crippen molar-refractivity contribution in [2.24, 2.45) is 5.92 Å². The lowest BCUT2D eigenvalue weighted by atomic mass is 9.59. The van der Waals surface area contributed by atoms with E-state index in [0.717, 1.165) is 12.0 Å². The maximum atomic E-state index is 9.93. The van der Waals surface area contributed by atoms with Crippen LogP contribution in [-0.4, -0.2) is 29.1 Å². The number of piperidine rings is 1. The molecule has 108 valence electrons. The Morgan fingerprint density at radius 1 is 1.35 bits per heavy atom. The Bertz CT molecular complexity index is 526. The van der Waals surface area contributed by atoms with Crippen molar-refractivity contribution in [3.05, 3.63) is 29.3 Å². The molecule has 1 aromatic carbocycles. The number of fused-ring (bicyclic) bond motifs is 1. The highest BCUT2D eigenvalue weighted by molar-refractivity contribution is 5.45. The lowest BCUT2D eigenvalue weighted by molar-refractivity contribution is 0.0315. The van der Waals surface area contributed by atoms with Gasteiger partial charge in [-0.05, 0) is 74.4 Å². The summed E-state index contributed by atoms with van der Waals surface area (Å²) in [6.45, 7) is 4.81.